The summed E-state index contributed by atoms with van der Waals surface area (Å²) in [4.78, 5) is 16.5. The predicted octanol–water partition coefficient (Wildman–Crippen LogP) is 2.59. The van der Waals surface area contributed by atoms with Gasteiger partial charge in [0.15, 0.2) is 0 Å². The minimum Gasteiger partial charge on any atom is -0.369 e. The van der Waals surface area contributed by atoms with Gasteiger partial charge in [-0.3, -0.25) is 4.79 Å². The van der Waals surface area contributed by atoms with Gasteiger partial charge in [0, 0.05) is 50.5 Å². The van der Waals surface area contributed by atoms with E-state index in [9.17, 15) is 4.79 Å². The first-order valence-corrected chi connectivity index (χ1v) is 8.40. The zero-order valence-electron chi connectivity index (χ0n) is 14.1. The van der Waals surface area contributed by atoms with Gasteiger partial charge in [0.2, 0.25) is 5.91 Å². The molecule has 0 aromatic heterocycles. The standard InChI is InChI=1S/C18H27N3O/c1-12-13(2)17-11-16(20-9-7-19-8-10-20)5-6-18(17)21(14(12)3)15(4)22/h5-6,11-14,19H,7-10H2,1-4H3. The van der Waals surface area contributed by atoms with Crippen LogP contribution in [0.3, 0.4) is 0 Å². The zero-order chi connectivity index (χ0) is 15.9. The third kappa shape index (κ3) is 2.50. The van der Waals surface area contributed by atoms with Crippen LogP contribution in [0, 0.1) is 5.92 Å². The van der Waals surface area contributed by atoms with Gasteiger partial charge >= 0.3 is 0 Å². The van der Waals surface area contributed by atoms with Crippen molar-refractivity contribution >= 4 is 17.3 Å². The Balaban J connectivity index is 2.01. The number of nitrogens with one attached hydrogen (secondary N) is 1. The van der Waals surface area contributed by atoms with Crippen LogP contribution in [0.15, 0.2) is 18.2 Å². The number of fused-ring (bicyclic) bond motifs is 1. The summed E-state index contributed by atoms with van der Waals surface area (Å²) < 4.78 is 0. The maximum Gasteiger partial charge on any atom is 0.224 e. The van der Waals surface area contributed by atoms with Crippen molar-refractivity contribution in [1.82, 2.24) is 5.32 Å². The van der Waals surface area contributed by atoms with E-state index < -0.39 is 0 Å². The van der Waals surface area contributed by atoms with Gasteiger partial charge in [0.1, 0.15) is 0 Å². The number of amides is 1. The molecule has 2 heterocycles. The zero-order valence-corrected chi connectivity index (χ0v) is 14.1. The van der Waals surface area contributed by atoms with Crippen molar-refractivity contribution < 1.29 is 4.79 Å². The first kappa shape index (κ1) is 15.3. The highest BCUT2D eigenvalue weighted by atomic mass is 16.2. The number of hydrogen-bond donors (Lipinski definition) is 1. The van der Waals surface area contributed by atoms with Gasteiger partial charge in [-0.05, 0) is 42.5 Å². The fourth-order valence-electron chi connectivity index (χ4n) is 3.86. The Bertz CT molecular complexity index is 565. The predicted molar refractivity (Wildman–Crippen MR) is 91.7 cm³/mol. The Hall–Kier alpha value is -1.55. The lowest BCUT2D eigenvalue weighted by atomic mass is 9.78. The molecule has 0 saturated carbocycles. The molecule has 3 rings (SSSR count). The number of carbonyl (C=O) groups excluding carboxylic acids is 1. The maximum atomic E-state index is 12.1. The van der Waals surface area contributed by atoms with Crippen molar-refractivity contribution in [2.75, 3.05) is 36.0 Å². The van der Waals surface area contributed by atoms with Crippen LogP contribution < -0.4 is 15.1 Å². The normalized spacial score (nSPS) is 28.5. The second kappa shape index (κ2) is 5.92. The van der Waals surface area contributed by atoms with E-state index >= 15 is 0 Å². The summed E-state index contributed by atoms with van der Waals surface area (Å²) in [5.41, 5.74) is 3.71. The molecule has 1 aromatic carbocycles. The molecule has 0 radical (unpaired) electrons. The topological polar surface area (TPSA) is 35.6 Å². The van der Waals surface area contributed by atoms with E-state index in [0.29, 0.717) is 11.8 Å². The number of nitrogens with zero attached hydrogens (tertiary/aromatic N) is 2. The molecule has 1 amide bonds. The summed E-state index contributed by atoms with van der Waals surface area (Å²) in [5, 5.41) is 3.40. The molecule has 2 aliphatic rings. The molecule has 3 unspecified atom stereocenters. The van der Waals surface area contributed by atoms with E-state index in [1.807, 2.05) is 4.90 Å². The summed E-state index contributed by atoms with van der Waals surface area (Å²) in [6.45, 7) is 12.6. The van der Waals surface area contributed by atoms with Crippen molar-refractivity contribution in [3.05, 3.63) is 23.8 Å². The monoisotopic (exact) mass is 301 g/mol. The number of piperazine rings is 1. The van der Waals surface area contributed by atoms with E-state index in [-0.39, 0.29) is 11.9 Å². The van der Waals surface area contributed by atoms with Crippen LogP contribution in [-0.2, 0) is 4.79 Å². The Morgan fingerprint density at radius 2 is 1.86 bits per heavy atom. The lowest BCUT2D eigenvalue weighted by Crippen LogP contribution is -2.47. The maximum absolute atomic E-state index is 12.1. The molecular formula is C18H27N3O. The van der Waals surface area contributed by atoms with Gasteiger partial charge in [-0.25, -0.2) is 0 Å². The average Bonchev–Trinajstić information content (AvgIpc) is 2.53. The first-order valence-electron chi connectivity index (χ1n) is 8.40. The van der Waals surface area contributed by atoms with Gasteiger partial charge in [0.05, 0.1) is 0 Å². The molecule has 0 aliphatic carbocycles. The Kier molecular flexibility index (Phi) is 4.13. The van der Waals surface area contributed by atoms with Crippen LogP contribution in [0.2, 0.25) is 0 Å². The van der Waals surface area contributed by atoms with Gasteiger partial charge in [-0.15, -0.1) is 0 Å². The average molecular weight is 301 g/mol. The quantitative estimate of drug-likeness (QED) is 0.866. The molecule has 22 heavy (non-hydrogen) atoms. The summed E-state index contributed by atoms with van der Waals surface area (Å²) in [6.07, 6.45) is 0. The Morgan fingerprint density at radius 3 is 2.50 bits per heavy atom. The van der Waals surface area contributed by atoms with E-state index in [1.165, 1.54) is 11.3 Å². The summed E-state index contributed by atoms with van der Waals surface area (Å²) in [6, 6.07) is 6.89. The van der Waals surface area contributed by atoms with Crippen LogP contribution in [0.1, 0.15) is 39.2 Å². The molecule has 1 N–H and O–H groups in total. The molecular weight excluding hydrogens is 274 g/mol. The van der Waals surface area contributed by atoms with Gasteiger partial charge in [-0.1, -0.05) is 13.8 Å². The van der Waals surface area contributed by atoms with Crippen LogP contribution in [0.4, 0.5) is 11.4 Å². The SMILES string of the molecule is CC(=O)N1c2ccc(N3CCNCC3)cc2C(C)C(C)C1C. The number of benzene rings is 1. The molecule has 4 heteroatoms. The summed E-state index contributed by atoms with van der Waals surface area (Å²) in [5.74, 6) is 1.08. The van der Waals surface area contributed by atoms with Crippen LogP contribution in [-0.4, -0.2) is 38.1 Å². The molecule has 3 atom stereocenters. The van der Waals surface area contributed by atoms with E-state index in [1.54, 1.807) is 6.92 Å². The lowest BCUT2D eigenvalue weighted by Gasteiger charge is -2.43. The fraction of sp³-hybridized carbons (Fsp3) is 0.611. The third-order valence-corrected chi connectivity index (χ3v) is 5.54. The molecule has 1 fully saturated rings. The highest BCUT2D eigenvalue weighted by molar-refractivity contribution is 5.94. The highest BCUT2D eigenvalue weighted by Gasteiger charge is 2.36. The minimum absolute atomic E-state index is 0.141. The number of anilines is 2. The number of hydrogen-bond acceptors (Lipinski definition) is 3. The van der Waals surface area contributed by atoms with Crippen molar-refractivity contribution in [1.29, 1.82) is 0 Å². The molecule has 1 saturated heterocycles. The van der Waals surface area contributed by atoms with Crippen LogP contribution >= 0.6 is 0 Å². The fourth-order valence-corrected chi connectivity index (χ4v) is 3.86. The van der Waals surface area contributed by atoms with Gasteiger partial charge < -0.3 is 15.1 Å². The molecule has 4 nitrogen and oxygen atoms in total. The molecule has 2 aliphatic heterocycles. The first-order chi connectivity index (χ1) is 10.5. The third-order valence-electron chi connectivity index (χ3n) is 5.54. The van der Waals surface area contributed by atoms with Gasteiger partial charge in [-0.2, -0.15) is 0 Å². The molecule has 0 spiro atoms. The lowest BCUT2D eigenvalue weighted by molar-refractivity contribution is -0.117. The minimum atomic E-state index is 0.141. The number of rotatable bonds is 1. The Morgan fingerprint density at radius 1 is 1.18 bits per heavy atom. The second-order valence-corrected chi connectivity index (χ2v) is 6.76. The van der Waals surface area contributed by atoms with E-state index in [2.05, 4.69) is 49.2 Å². The summed E-state index contributed by atoms with van der Waals surface area (Å²) >= 11 is 0. The molecule has 1 aromatic rings. The van der Waals surface area contributed by atoms with Crippen molar-refractivity contribution in [2.24, 2.45) is 5.92 Å². The van der Waals surface area contributed by atoms with Crippen molar-refractivity contribution in [2.45, 2.75) is 39.7 Å². The summed E-state index contributed by atoms with van der Waals surface area (Å²) in [7, 11) is 0. The molecule has 0 bridgehead atoms. The van der Waals surface area contributed by atoms with Crippen molar-refractivity contribution in [3.8, 4) is 0 Å². The number of carbonyl (C=O) groups is 1. The highest BCUT2D eigenvalue weighted by Crippen LogP contribution is 2.43. The second-order valence-electron chi connectivity index (χ2n) is 6.76. The molecule has 120 valence electrons. The van der Waals surface area contributed by atoms with Crippen LogP contribution in [0.5, 0.6) is 0 Å². The van der Waals surface area contributed by atoms with Crippen LogP contribution in [0.25, 0.3) is 0 Å². The van der Waals surface area contributed by atoms with E-state index in [0.717, 1.165) is 31.9 Å². The van der Waals surface area contributed by atoms with Crippen molar-refractivity contribution in [3.63, 3.8) is 0 Å². The van der Waals surface area contributed by atoms with E-state index in [4.69, 9.17) is 0 Å². The smallest absolute Gasteiger partial charge is 0.224 e. The largest absolute Gasteiger partial charge is 0.369 e. The Labute approximate surface area is 133 Å². The van der Waals surface area contributed by atoms with Gasteiger partial charge in [0.25, 0.3) is 0 Å².